The largest absolute Gasteiger partial charge is 0.488 e. The van der Waals surface area contributed by atoms with Gasteiger partial charge in [0, 0.05) is 21.9 Å². The predicted octanol–water partition coefficient (Wildman–Crippen LogP) is 6.60. The molecule has 6 heteroatoms. The lowest BCUT2D eigenvalue weighted by Gasteiger charge is -2.33. The molecule has 0 fully saturated rings. The smallest absolute Gasteiger partial charge is 0.155 e. The highest BCUT2D eigenvalue weighted by molar-refractivity contribution is 5.89. The van der Waals surface area contributed by atoms with Gasteiger partial charge >= 0.3 is 0 Å². The fraction of sp³-hybridized carbons (Fsp3) is 0.771. The first kappa shape index (κ1) is 37.3. The first-order valence-electron chi connectivity index (χ1n) is 15.6. The summed E-state index contributed by atoms with van der Waals surface area (Å²) in [4.78, 5) is 26.1. The number of Topliss-reactive ketones (excluding diaryl/α,β-unsaturated/α-hetero) is 2. The maximum Gasteiger partial charge on any atom is 0.155 e. The van der Waals surface area contributed by atoms with E-state index in [-0.39, 0.29) is 34.4 Å². The van der Waals surface area contributed by atoms with Crippen molar-refractivity contribution in [1.29, 1.82) is 0 Å². The summed E-state index contributed by atoms with van der Waals surface area (Å²) in [5.41, 5.74) is 0.144. The molecule has 0 aliphatic carbocycles. The summed E-state index contributed by atoms with van der Waals surface area (Å²) in [5, 5.41) is 7.08. The average Bonchev–Trinajstić information content (AvgIpc) is 2.77. The van der Waals surface area contributed by atoms with Crippen LogP contribution in [0.25, 0.3) is 0 Å². The van der Waals surface area contributed by atoms with E-state index in [1.807, 2.05) is 53.7 Å². The van der Waals surface area contributed by atoms with Gasteiger partial charge in [0.2, 0.25) is 0 Å². The molecule has 0 aromatic heterocycles. The van der Waals surface area contributed by atoms with Gasteiger partial charge in [-0.25, -0.2) is 0 Å². The van der Waals surface area contributed by atoms with Crippen LogP contribution < -0.4 is 15.4 Å². The molecule has 2 unspecified atom stereocenters. The third-order valence-electron chi connectivity index (χ3n) is 7.16. The molecule has 0 spiro atoms. The van der Waals surface area contributed by atoms with Gasteiger partial charge in [-0.15, -0.1) is 0 Å². The van der Waals surface area contributed by atoms with E-state index in [0.717, 1.165) is 48.1 Å². The highest BCUT2D eigenvalue weighted by atomic mass is 16.5. The standard InChI is InChI=1S/C35H64N3O3/c1-32(2,3)30(39)28(36-34(7,8)9)17-15-16-22-38(13,14)23-24-41-27-20-18-26(19-21-27)25-29(37-35(10,11)12)31(40)33(4,5)6/h18-21,28-29,36-37H,15-17,22-25H2,1-14H3/q+1. The van der Waals surface area contributed by atoms with Gasteiger partial charge in [0.05, 0.1) is 32.7 Å². The summed E-state index contributed by atoms with van der Waals surface area (Å²) in [7, 11) is 4.48. The molecule has 0 heterocycles. The zero-order valence-electron chi connectivity index (χ0n) is 29.1. The number of ether oxygens (including phenoxy) is 1. The average molecular weight is 575 g/mol. The van der Waals surface area contributed by atoms with Crippen LogP contribution in [0.3, 0.4) is 0 Å². The van der Waals surface area contributed by atoms with Crippen LogP contribution in [0.1, 0.15) is 108 Å². The monoisotopic (exact) mass is 574 g/mol. The number of hydrogen-bond acceptors (Lipinski definition) is 5. The molecule has 1 rings (SSSR count). The number of nitrogens with one attached hydrogen (secondary N) is 2. The van der Waals surface area contributed by atoms with E-state index in [9.17, 15) is 9.59 Å². The molecule has 0 radical (unpaired) electrons. The summed E-state index contributed by atoms with van der Waals surface area (Å²) < 4.78 is 6.97. The molecule has 236 valence electrons. The number of unbranched alkanes of at least 4 members (excludes halogenated alkanes) is 1. The van der Waals surface area contributed by atoms with E-state index in [1.54, 1.807) is 0 Å². The lowest BCUT2D eigenvalue weighted by molar-refractivity contribution is -0.890. The number of ketones is 2. The van der Waals surface area contributed by atoms with E-state index in [2.05, 4.69) is 78.4 Å². The van der Waals surface area contributed by atoms with Gasteiger partial charge in [-0.05, 0) is 84.9 Å². The minimum absolute atomic E-state index is 0.0919. The number of carbonyl (C=O) groups is 2. The number of nitrogens with zero attached hydrogens (tertiary/aromatic N) is 1. The third kappa shape index (κ3) is 15.3. The van der Waals surface area contributed by atoms with Crippen LogP contribution in [0.2, 0.25) is 0 Å². The molecule has 0 amide bonds. The van der Waals surface area contributed by atoms with Gasteiger partial charge in [-0.2, -0.15) is 0 Å². The molecular formula is C35H64N3O3+. The molecule has 0 saturated heterocycles. The fourth-order valence-corrected chi connectivity index (χ4v) is 4.94. The highest BCUT2D eigenvalue weighted by Crippen LogP contribution is 2.23. The summed E-state index contributed by atoms with van der Waals surface area (Å²) in [5.74, 6) is 1.38. The normalized spacial score (nSPS) is 15.0. The molecule has 1 aromatic carbocycles. The summed E-state index contributed by atoms with van der Waals surface area (Å²) in [6.45, 7) is 27.2. The Morgan fingerprint density at radius 3 is 1.63 bits per heavy atom. The Bertz CT molecular complexity index is 955. The SMILES string of the molecule is CC(C)(C)NC(CCCC[N+](C)(C)CCOc1ccc(CC(NC(C)(C)C)C(=O)C(C)(C)C)cc1)C(=O)C(C)(C)C. The topological polar surface area (TPSA) is 67.4 Å². The van der Waals surface area contributed by atoms with Crippen molar-refractivity contribution in [2.24, 2.45) is 10.8 Å². The van der Waals surface area contributed by atoms with Gasteiger partial charge in [0.1, 0.15) is 18.9 Å². The minimum atomic E-state index is -0.397. The zero-order chi connectivity index (χ0) is 31.9. The fourth-order valence-electron chi connectivity index (χ4n) is 4.94. The van der Waals surface area contributed by atoms with Crippen LogP contribution in [0.4, 0.5) is 0 Å². The minimum Gasteiger partial charge on any atom is -0.488 e. The lowest BCUT2D eigenvalue weighted by Crippen LogP contribution is -2.51. The van der Waals surface area contributed by atoms with Crippen LogP contribution >= 0.6 is 0 Å². The summed E-state index contributed by atoms with van der Waals surface area (Å²) >= 11 is 0. The van der Waals surface area contributed by atoms with Crippen LogP contribution in [0.15, 0.2) is 24.3 Å². The predicted molar refractivity (Wildman–Crippen MR) is 174 cm³/mol. The number of quaternary nitrogens is 1. The molecule has 6 nitrogen and oxygen atoms in total. The maximum absolute atomic E-state index is 13.1. The second-order valence-corrected chi connectivity index (χ2v) is 16.7. The quantitative estimate of drug-likeness (QED) is 0.183. The van der Waals surface area contributed by atoms with Crippen molar-refractivity contribution in [1.82, 2.24) is 10.6 Å². The van der Waals surface area contributed by atoms with Crippen molar-refractivity contribution < 1.29 is 18.8 Å². The number of benzene rings is 1. The van der Waals surface area contributed by atoms with Gasteiger partial charge in [0.25, 0.3) is 0 Å². The van der Waals surface area contributed by atoms with Gasteiger partial charge in [-0.1, -0.05) is 53.7 Å². The van der Waals surface area contributed by atoms with Crippen LogP contribution in [0, 0.1) is 10.8 Å². The molecule has 1 aromatic rings. The molecule has 0 aliphatic rings. The van der Waals surface area contributed by atoms with Crippen LogP contribution in [-0.2, 0) is 16.0 Å². The Morgan fingerprint density at radius 1 is 0.707 bits per heavy atom. The Labute approximate surface area is 253 Å². The molecule has 0 bridgehead atoms. The van der Waals surface area contributed by atoms with E-state index in [1.165, 1.54) is 0 Å². The molecular weight excluding hydrogens is 510 g/mol. The van der Waals surface area contributed by atoms with Gasteiger partial charge in [-0.3, -0.25) is 9.59 Å². The van der Waals surface area contributed by atoms with Gasteiger partial charge in [0.15, 0.2) is 11.6 Å². The van der Waals surface area contributed by atoms with Crippen molar-refractivity contribution in [3.8, 4) is 5.75 Å². The lowest BCUT2D eigenvalue weighted by atomic mass is 9.83. The Morgan fingerprint density at radius 2 is 1.17 bits per heavy atom. The third-order valence-corrected chi connectivity index (χ3v) is 7.16. The second kappa shape index (κ2) is 14.6. The molecule has 41 heavy (non-hydrogen) atoms. The molecule has 0 saturated carbocycles. The van der Waals surface area contributed by atoms with Crippen molar-refractivity contribution in [3.05, 3.63) is 29.8 Å². The first-order chi connectivity index (χ1) is 18.4. The van der Waals surface area contributed by atoms with Crippen molar-refractivity contribution >= 4 is 11.6 Å². The van der Waals surface area contributed by atoms with E-state index < -0.39 is 5.41 Å². The number of carbonyl (C=O) groups excluding carboxylic acids is 2. The van der Waals surface area contributed by atoms with Crippen molar-refractivity contribution in [2.45, 2.75) is 132 Å². The molecule has 0 aliphatic heterocycles. The Kier molecular flexibility index (Phi) is 13.3. The van der Waals surface area contributed by atoms with E-state index >= 15 is 0 Å². The zero-order valence-corrected chi connectivity index (χ0v) is 29.1. The highest BCUT2D eigenvalue weighted by Gasteiger charge is 2.33. The molecule has 2 N–H and O–H groups in total. The Balaban J connectivity index is 2.61. The molecule has 2 atom stereocenters. The van der Waals surface area contributed by atoms with Crippen LogP contribution in [0.5, 0.6) is 5.75 Å². The Hall–Kier alpha value is -1.76. The van der Waals surface area contributed by atoms with E-state index in [4.69, 9.17) is 4.74 Å². The maximum atomic E-state index is 13.1. The number of likely N-dealkylation sites (N-methyl/N-ethyl adjacent to an activating group) is 1. The number of hydrogen-bond donors (Lipinski definition) is 2. The first-order valence-corrected chi connectivity index (χ1v) is 15.6. The second-order valence-electron chi connectivity index (χ2n) is 16.7. The van der Waals surface area contributed by atoms with Crippen molar-refractivity contribution in [2.75, 3.05) is 33.8 Å². The summed E-state index contributed by atoms with van der Waals surface area (Å²) in [6, 6.07) is 7.83. The van der Waals surface area contributed by atoms with E-state index in [0.29, 0.717) is 18.8 Å². The van der Waals surface area contributed by atoms with Crippen molar-refractivity contribution in [3.63, 3.8) is 0 Å². The van der Waals surface area contributed by atoms with Gasteiger partial charge < -0.3 is 19.9 Å². The van der Waals surface area contributed by atoms with Crippen LogP contribution in [-0.4, -0.2) is 73.0 Å². The summed E-state index contributed by atoms with van der Waals surface area (Å²) in [6.07, 6.45) is 3.61. The number of rotatable bonds is 15.